The molecule has 0 fully saturated rings. The molecule has 2 heterocycles. The summed E-state index contributed by atoms with van der Waals surface area (Å²) in [7, 11) is 0. The van der Waals surface area contributed by atoms with Crippen LogP contribution in [0.4, 0.5) is 27.6 Å². The first-order chi connectivity index (χ1) is 19.7. The van der Waals surface area contributed by atoms with Gasteiger partial charge in [-0.25, -0.2) is 8.78 Å². The van der Waals surface area contributed by atoms with E-state index in [9.17, 15) is 36.3 Å². The van der Waals surface area contributed by atoms with Crippen molar-refractivity contribution in [1.29, 1.82) is 0 Å². The van der Waals surface area contributed by atoms with E-state index in [1.54, 1.807) is 20.0 Å². The number of aromatic nitrogens is 1. The van der Waals surface area contributed by atoms with Gasteiger partial charge in [-0.1, -0.05) is 11.6 Å². The smallest absolute Gasteiger partial charge is 0.341 e. The Kier molecular flexibility index (Phi) is 7.40. The Hall–Kier alpha value is -4.51. The second-order valence-electron chi connectivity index (χ2n) is 9.99. The zero-order valence-corrected chi connectivity index (χ0v) is 22.7. The van der Waals surface area contributed by atoms with Crippen molar-refractivity contribution in [3.63, 3.8) is 0 Å². The van der Waals surface area contributed by atoms with Crippen molar-refractivity contribution in [3.8, 4) is 11.1 Å². The number of rotatable bonds is 5. The molecule has 1 aliphatic rings. The van der Waals surface area contributed by atoms with Crippen LogP contribution < -0.4 is 16.2 Å². The molecule has 0 saturated carbocycles. The molecule has 2 amide bonds. The van der Waals surface area contributed by atoms with Crippen LogP contribution in [0.2, 0.25) is 5.02 Å². The summed E-state index contributed by atoms with van der Waals surface area (Å²) in [6, 6.07) is 9.55. The van der Waals surface area contributed by atoms with Gasteiger partial charge in [-0.2, -0.15) is 13.2 Å². The van der Waals surface area contributed by atoms with Gasteiger partial charge in [0.1, 0.15) is 11.6 Å². The molecule has 42 heavy (non-hydrogen) atoms. The molecule has 0 bridgehead atoms. The van der Waals surface area contributed by atoms with Crippen molar-refractivity contribution in [2.75, 3.05) is 5.32 Å². The maximum Gasteiger partial charge on any atom is 0.416 e. The number of carbonyl (C=O) groups excluding carboxylic acids is 2. The number of anilines is 1. The molecular weight excluding hydrogens is 581 g/mol. The molecular formula is C30H21ClF5N3O3. The predicted molar refractivity (Wildman–Crippen MR) is 147 cm³/mol. The number of benzene rings is 3. The Morgan fingerprint density at radius 2 is 1.69 bits per heavy atom. The third-order valence-electron chi connectivity index (χ3n) is 6.82. The Balaban J connectivity index is 1.69. The van der Waals surface area contributed by atoms with E-state index in [0.29, 0.717) is 23.3 Å². The molecule has 0 aliphatic carbocycles. The van der Waals surface area contributed by atoms with Gasteiger partial charge in [0, 0.05) is 51.3 Å². The Morgan fingerprint density at radius 3 is 2.38 bits per heavy atom. The highest BCUT2D eigenvalue weighted by atomic mass is 35.5. The first-order valence-electron chi connectivity index (χ1n) is 12.6. The molecule has 12 heteroatoms. The second kappa shape index (κ2) is 10.7. The van der Waals surface area contributed by atoms with Gasteiger partial charge in [-0.3, -0.25) is 14.4 Å². The lowest BCUT2D eigenvalue weighted by Gasteiger charge is -2.19. The number of carbonyl (C=O) groups is 2. The van der Waals surface area contributed by atoms with Gasteiger partial charge in [-0.05, 0) is 79.6 Å². The fraction of sp³-hybridized carbons (Fsp3) is 0.167. The van der Waals surface area contributed by atoms with Crippen LogP contribution in [-0.4, -0.2) is 16.4 Å². The molecule has 0 unspecified atom stereocenters. The third-order valence-corrected chi connectivity index (χ3v) is 7.17. The number of amides is 2. The van der Waals surface area contributed by atoms with Crippen LogP contribution in [-0.2, 0) is 6.18 Å². The minimum absolute atomic E-state index is 0.0173. The molecule has 4 aromatic rings. The number of hydrogen-bond acceptors (Lipinski definition) is 3. The van der Waals surface area contributed by atoms with Gasteiger partial charge in [0.25, 0.3) is 17.4 Å². The molecule has 0 radical (unpaired) electrons. The molecule has 3 aromatic carbocycles. The number of fused-ring (bicyclic) bond motifs is 1. The van der Waals surface area contributed by atoms with E-state index >= 15 is 0 Å². The van der Waals surface area contributed by atoms with Crippen molar-refractivity contribution >= 4 is 29.1 Å². The summed E-state index contributed by atoms with van der Waals surface area (Å²) in [5, 5.41) is 5.33. The fourth-order valence-electron chi connectivity index (χ4n) is 4.83. The summed E-state index contributed by atoms with van der Waals surface area (Å²) in [5.41, 5.74) is -0.965. The summed E-state index contributed by atoms with van der Waals surface area (Å²) in [4.78, 5) is 38.7. The van der Waals surface area contributed by atoms with Crippen molar-refractivity contribution in [3.05, 3.63) is 122 Å². The molecule has 1 aromatic heterocycles. The minimum Gasteiger partial charge on any atom is -0.341 e. The predicted octanol–water partition coefficient (Wildman–Crippen LogP) is 7.13. The van der Waals surface area contributed by atoms with Crippen molar-refractivity contribution < 1.29 is 31.5 Å². The van der Waals surface area contributed by atoms with E-state index < -0.39 is 46.8 Å². The molecule has 2 N–H and O–H groups in total. The van der Waals surface area contributed by atoms with Crippen LogP contribution in [0.3, 0.4) is 0 Å². The molecule has 0 spiro atoms. The van der Waals surface area contributed by atoms with E-state index in [4.69, 9.17) is 11.6 Å². The average molecular weight is 602 g/mol. The SMILES string of the molecule is CC(C)n1cc(-c2cc(NC(=O)c3cc(F)cc(C(F)(F)F)c3)c3c(c2)C(=O)N[C@H]3c2cc(F)ccc2Cl)ccc1=O. The Morgan fingerprint density at radius 1 is 0.952 bits per heavy atom. The third kappa shape index (κ3) is 5.52. The number of halogens is 6. The zero-order valence-electron chi connectivity index (χ0n) is 21.9. The van der Waals surface area contributed by atoms with E-state index in [1.807, 2.05) is 0 Å². The second-order valence-corrected chi connectivity index (χ2v) is 10.4. The van der Waals surface area contributed by atoms with Crippen LogP contribution in [0.5, 0.6) is 0 Å². The summed E-state index contributed by atoms with van der Waals surface area (Å²) >= 11 is 6.33. The maximum atomic E-state index is 14.2. The van der Waals surface area contributed by atoms with Gasteiger partial charge in [0.15, 0.2) is 0 Å². The van der Waals surface area contributed by atoms with Crippen LogP contribution in [0.1, 0.15) is 63.3 Å². The molecule has 6 nitrogen and oxygen atoms in total. The standard InChI is InChI=1S/C30H21ClF5N3O3/c1-14(2)39-13-15(3-6-25(39)40)16-9-22-26(27(38-29(22)42)21-12-19(32)4-5-23(21)31)24(10-16)37-28(41)17-7-18(30(34,35)36)11-20(33)8-17/h3-14,27H,1-2H3,(H,37,41)(H,38,42)/t27-/m0/s1. The van der Waals surface area contributed by atoms with Crippen LogP contribution in [0.25, 0.3) is 11.1 Å². The minimum atomic E-state index is -4.91. The zero-order chi connectivity index (χ0) is 30.5. The van der Waals surface area contributed by atoms with Gasteiger partial charge < -0.3 is 15.2 Å². The Labute approximate surface area is 240 Å². The number of hydrogen-bond donors (Lipinski definition) is 2. The molecule has 1 aliphatic heterocycles. The summed E-state index contributed by atoms with van der Waals surface area (Å²) in [5.74, 6) is -3.59. The topological polar surface area (TPSA) is 80.2 Å². The Bertz CT molecular complexity index is 1820. The van der Waals surface area contributed by atoms with Gasteiger partial charge in [0.2, 0.25) is 0 Å². The number of pyridine rings is 1. The van der Waals surface area contributed by atoms with E-state index in [-0.39, 0.29) is 45.1 Å². The highest BCUT2D eigenvalue weighted by molar-refractivity contribution is 6.31. The van der Waals surface area contributed by atoms with E-state index in [0.717, 1.165) is 12.1 Å². The molecule has 1 atom stereocenters. The fourth-order valence-corrected chi connectivity index (χ4v) is 5.06. The molecule has 0 saturated heterocycles. The maximum absolute atomic E-state index is 14.2. The molecule has 216 valence electrons. The van der Waals surface area contributed by atoms with Gasteiger partial charge in [0.05, 0.1) is 11.6 Å². The first-order valence-corrected chi connectivity index (χ1v) is 13.0. The summed E-state index contributed by atoms with van der Waals surface area (Å²) < 4.78 is 69.7. The number of nitrogens with zero attached hydrogens (tertiary/aromatic N) is 1. The first kappa shape index (κ1) is 29.0. The quantitative estimate of drug-likeness (QED) is 0.239. The van der Waals surface area contributed by atoms with E-state index in [2.05, 4.69) is 10.6 Å². The van der Waals surface area contributed by atoms with Gasteiger partial charge >= 0.3 is 6.18 Å². The summed E-state index contributed by atoms with van der Waals surface area (Å²) in [6.45, 7) is 3.60. The largest absolute Gasteiger partial charge is 0.416 e. The van der Waals surface area contributed by atoms with Gasteiger partial charge in [-0.15, -0.1) is 0 Å². The average Bonchev–Trinajstić information content (AvgIpc) is 3.25. The van der Waals surface area contributed by atoms with Crippen LogP contribution in [0, 0.1) is 11.6 Å². The number of nitrogens with one attached hydrogen (secondary N) is 2. The number of alkyl halides is 3. The van der Waals surface area contributed by atoms with Crippen molar-refractivity contribution in [1.82, 2.24) is 9.88 Å². The van der Waals surface area contributed by atoms with Crippen molar-refractivity contribution in [2.45, 2.75) is 32.1 Å². The lowest BCUT2D eigenvalue weighted by atomic mass is 9.93. The molecule has 5 rings (SSSR count). The van der Waals surface area contributed by atoms with Crippen molar-refractivity contribution in [2.24, 2.45) is 0 Å². The van der Waals surface area contributed by atoms with Crippen LogP contribution in [0.15, 0.2) is 71.7 Å². The normalized spacial score (nSPS) is 14.6. The van der Waals surface area contributed by atoms with Crippen LogP contribution >= 0.6 is 11.6 Å². The monoisotopic (exact) mass is 601 g/mol. The summed E-state index contributed by atoms with van der Waals surface area (Å²) in [6.07, 6.45) is -3.34. The highest BCUT2D eigenvalue weighted by Gasteiger charge is 2.36. The lowest BCUT2D eigenvalue weighted by Crippen LogP contribution is -2.21. The highest BCUT2D eigenvalue weighted by Crippen LogP contribution is 2.42. The van der Waals surface area contributed by atoms with E-state index in [1.165, 1.54) is 34.9 Å². The lowest BCUT2D eigenvalue weighted by molar-refractivity contribution is -0.137.